The van der Waals surface area contributed by atoms with Crippen LogP contribution in [0.2, 0.25) is 0 Å². The summed E-state index contributed by atoms with van der Waals surface area (Å²) in [5.41, 5.74) is 2.56. The molecule has 150 valence electrons. The number of hydrogen-bond donors (Lipinski definition) is 1. The van der Waals surface area contributed by atoms with Crippen molar-refractivity contribution >= 4 is 29.9 Å². The maximum Gasteiger partial charge on any atom is 0.193 e. The van der Waals surface area contributed by atoms with Crippen molar-refractivity contribution in [3.8, 4) is 0 Å². The van der Waals surface area contributed by atoms with Gasteiger partial charge in [-0.05, 0) is 36.1 Å². The minimum atomic E-state index is -0.430. The highest BCUT2D eigenvalue weighted by atomic mass is 127. The Morgan fingerprint density at radius 1 is 1.30 bits per heavy atom. The van der Waals surface area contributed by atoms with E-state index in [1.54, 1.807) is 7.05 Å². The van der Waals surface area contributed by atoms with E-state index in [0.29, 0.717) is 37.0 Å². The highest BCUT2D eigenvalue weighted by Gasteiger charge is 2.15. The van der Waals surface area contributed by atoms with E-state index in [1.807, 2.05) is 29.9 Å². The molecule has 0 radical (unpaired) electrons. The quantitative estimate of drug-likeness (QED) is 0.381. The van der Waals surface area contributed by atoms with Crippen LogP contribution in [-0.2, 0) is 20.0 Å². The first-order chi connectivity index (χ1) is 12.3. The molecule has 1 aromatic heterocycles. The smallest absolute Gasteiger partial charge is 0.193 e. The van der Waals surface area contributed by atoms with Crippen molar-refractivity contribution < 1.29 is 8.78 Å². The van der Waals surface area contributed by atoms with Gasteiger partial charge in [-0.1, -0.05) is 13.8 Å². The molecule has 0 atom stereocenters. The van der Waals surface area contributed by atoms with E-state index >= 15 is 0 Å². The molecule has 0 unspecified atom stereocenters. The molecule has 27 heavy (non-hydrogen) atoms. The average molecular weight is 491 g/mol. The summed E-state index contributed by atoms with van der Waals surface area (Å²) in [6.07, 6.45) is 2.39. The minimum Gasteiger partial charge on any atom is -0.356 e. The molecular formula is C19H28F2IN5. The average Bonchev–Trinajstić information content (AvgIpc) is 2.95. The van der Waals surface area contributed by atoms with Gasteiger partial charge < -0.3 is 10.2 Å². The fraction of sp³-hybridized carbons (Fsp3) is 0.474. The molecule has 0 saturated carbocycles. The Balaban J connectivity index is 0.00000364. The van der Waals surface area contributed by atoms with Crippen LogP contribution in [0.4, 0.5) is 8.78 Å². The van der Waals surface area contributed by atoms with E-state index in [1.165, 1.54) is 6.07 Å². The first-order valence-electron chi connectivity index (χ1n) is 8.70. The van der Waals surface area contributed by atoms with Crippen molar-refractivity contribution in [2.75, 3.05) is 20.6 Å². The van der Waals surface area contributed by atoms with Crippen molar-refractivity contribution in [1.29, 1.82) is 0 Å². The van der Waals surface area contributed by atoms with Crippen LogP contribution in [0.1, 0.15) is 36.6 Å². The van der Waals surface area contributed by atoms with E-state index in [-0.39, 0.29) is 24.0 Å². The Morgan fingerprint density at radius 3 is 2.63 bits per heavy atom. The molecular weight excluding hydrogens is 463 g/mol. The summed E-state index contributed by atoms with van der Waals surface area (Å²) in [5, 5.41) is 7.72. The van der Waals surface area contributed by atoms with Crippen LogP contribution >= 0.6 is 24.0 Å². The Kier molecular flexibility index (Phi) is 9.14. The number of aromatic nitrogens is 2. The van der Waals surface area contributed by atoms with Gasteiger partial charge >= 0.3 is 0 Å². The van der Waals surface area contributed by atoms with E-state index in [4.69, 9.17) is 0 Å². The highest BCUT2D eigenvalue weighted by Crippen LogP contribution is 2.18. The number of aliphatic imine (C=N–C) groups is 1. The van der Waals surface area contributed by atoms with Crippen molar-refractivity contribution in [2.24, 2.45) is 12.0 Å². The predicted molar refractivity (Wildman–Crippen MR) is 116 cm³/mol. The molecule has 8 heteroatoms. The third kappa shape index (κ3) is 6.44. The van der Waals surface area contributed by atoms with Crippen LogP contribution < -0.4 is 5.32 Å². The molecule has 0 saturated heterocycles. The van der Waals surface area contributed by atoms with Crippen LogP contribution in [0.25, 0.3) is 0 Å². The topological polar surface area (TPSA) is 45.5 Å². The van der Waals surface area contributed by atoms with E-state index in [0.717, 1.165) is 23.4 Å². The van der Waals surface area contributed by atoms with Crippen LogP contribution in [0, 0.1) is 11.6 Å². The van der Waals surface area contributed by atoms with Gasteiger partial charge in [0.15, 0.2) is 5.96 Å². The molecule has 0 aliphatic carbocycles. The molecule has 0 aliphatic heterocycles. The lowest BCUT2D eigenvalue weighted by molar-refractivity contribution is 0.473. The van der Waals surface area contributed by atoms with Gasteiger partial charge in [0, 0.05) is 46.0 Å². The van der Waals surface area contributed by atoms with E-state index in [2.05, 4.69) is 29.3 Å². The van der Waals surface area contributed by atoms with Gasteiger partial charge in [0.25, 0.3) is 0 Å². The molecule has 1 aromatic carbocycles. The van der Waals surface area contributed by atoms with Crippen molar-refractivity contribution in [3.63, 3.8) is 0 Å². The summed E-state index contributed by atoms with van der Waals surface area (Å²) < 4.78 is 28.8. The number of rotatable bonds is 6. The first kappa shape index (κ1) is 23.3. The SMILES string of the molecule is CN=C(NCCc1cc(F)ccc1F)N(C)Cc1cn(C)nc1C(C)C.I. The zero-order valence-electron chi connectivity index (χ0n) is 16.5. The number of hydrogen-bond acceptors (Lipinski definition) is 2. The molecule has 1 heterocycles. The lowest BCUT2D eigenvalue weighted by Crippen LogP contribution is -2.39. The predicted octanol–water partition coefficient (Wildman–Crippen LogP) is 3.69. The summed E-state index contributed by atoms with van der Waals surface area (Å²) in [6.45, 7) is 5.36. The van der Waals surface area contributed by atoms with Gasteiger partial charge in [0.05, 0.1) is 5.69 Å². The Morgan fingerprint density at radius 2 is 2.00 bits per heavy atom. The van der Waals surface area contributed by atoms with Crippen molar-refractivity contribution in [3.05, 3.63) is 52.9 Å². The molecule has 0 amide bonds. The summed E-state index contributed by atoms with van der Waals surface area (Å²) in [5.74, 6) is 0.208. The van der Waals surface area contributed by atoms with Crippen molar-refractivity contribution in [1.82, 2.24) is 20.0 Å². The summed E-state index contributed by atoms with van der Waals surface area (Å²) in [4.78, 5) is 6.26. The maximum atomic E-state index is 13.7. The Hall–Kier alpha value is -1.71. The highest BCUT2D eigenvalue weighted by molar-refractivity contribution is 14.0. The van der Waals surface area contributed by atoms with Gasteiger partial charge in [-0.15, -0.1) is 24.0 Å². The minimum absolute atomic E-state index is 0. The number of halogens is 3. The van der Waals surface area contributed by atoms with Gasteiger partial charge in [0.1, 0.15) is 11.6 Å². The molecule has 1 N–H and O–H groups in total. The molecule has 5 nitrogen and oxygen atoms in total. The number of nitrogens with zero attached hydrogens (tertiary/aromatic N) is 4. The monoisotopic (exact) mass is 491 g/mol. The molecule has 0 spiro atoms. The Bertz CT molecular complexity index is 773. The van der Waals surface area contributed by atoms with E-state index in [9.17, 15) is 8.78 Å². The lowest BCUT2D eigenvalue weighted by Gasteiger charge is -2.22. The molecule has 2 aromatic rings. The Labute approximate surface area is 176 Å². The normalized spacial score (nSPS) is 11.5. The first-order valence-corrected chi connectivity index (χ1v) is 8.70. The fourth-order valence-corrected chi connectivity index (χ4v) is 2.92. The zero-order valence-corrected chi connectivity index (χ0v) is 18.8. The van der Waals surface area contributed by atoms with Gasteiger partial charge in [-0.2, -0.15) is 5.10 Å². The number of benzene rings is 1. The largest absolute Gasteiger partial charge is 0.356 e. The second-order valence-electron chi connectivity index (χ2n) is 6.68. The summed E-state index contributed by atoms with van der Waals surface area (Å²) >= 11 is 0. The molecule has 0 aliphatic rings. The summed E-state index contributed by atoms with van der Waals surface area (Å²) in [7, 11) is 5.55. The second-order valence-corrected chi connectivity index (χ2v) is 6.68. The number of guanidine groups is 1. The molecule has 0 bridgehead atoms. The van der Waals surface area contributed by atoms with Crippen LogP contribution in [-0.4, -0.2) is 41.3 Å². The second kappa shape index (κ2) is 10.6. The lowest BCUT2D eigenvalue weighted by atomic mass is 10.1. The number of nitrogens with one attached hydrogen (secondary N) is 1. The van der Waals surface area contributed by atoms with E-state index < -0.39 is 11.6 Å². The maximum absolute atomic E-state index is 13.7. The fourth-order valence-electron chi connectivity index (χ4n) is 2.92. The zero-order chi connectivity index (χ0) is 19.3. The molecule has 2 rings (SSSR count). The van der Waals surface area contributed by atoms with Gasteiger partial charge in [0.2, 0.25) is 0 Å². The number of aryl methyl sites for hydroxylation is 1. The van der Waals surface area contributed by atoms with Gasteiger partial charge in [-0.3, -0.25) is 9.67 Å². The van der Waals surface area contributed by atoms with Crippen molar-refractivity contribution in [2.45, 2.75) is 32.7 Å². The summed E-state index contributed by atoms with van der Waals surface area (Å²) in [6, 6.07) is 3.51. The third-order valence-corrected chi connectivity index (χ3v) is 4.15. The van der Waals surface area contributed by atoms with Gasteiger partial charge in [-0.25, -0.2) is 8.78 Å². The molecule has 0 fully saturated rings. The van der Waals surface area contributed by atoms with Crippen LogP contribution in [0.5, 0.6) is 0 Å². The van der Waals surface area contributed by atoms with Crippen LogP contribution in [0.15, 0.2) is 29.4 Å². The standard InChI is InChI=1S/C19H27F2N5.HI/c1-13(2)18-15(12-26(5)24-18)11-25(4)19(22-3)23-9-8-14-10-16(20)6-7-17(14)21;/h6-7,10,12-13H,8-9,11H2,1-5H3,(H,22,23);1H. The van der Waals surface area contributed by atoms with Crippen LogP contribution in [0.3, 0.4) is 0 Å². The third-order valence-electron chi connectivity index (χ3n) is 4.15.